The molecule has 0 saturated heterocycles. The molecule has 4 aliphatic rings. The lowest BCUT2D eigenvalue weighted by Gasteiger charge is -2.57. The summed E-state index contributed by atoms with van der Waals surface area (Å²) in [5.74, 6) is 4.24. The molecule has 6 rings (SSSR count). The summed E-state index contributed by atoms with van der Waals surface area (Å²) in [5, 5.41) is 5.18. The summed E-state index contributed by atoms with van der Waals surface area (Å²) in [5.41, 5.74) is 2.32. The van der Waals surface area contributed by atoms with Crippen molar-refractivity contribution in [3.05, 3.63) is 56.0 Å². The number of ether oxygens (including phenoxy) is 2. The predicted octanol–water partition coefficient (Wildman–Crippen LogP) is 7.79. The Kier molecular flexibility index (Phi) is 6.68. The fraction of sp³-hybridized carbons (Fsp3) is 0.538. The van der Waals surface area contributed by atoms with Crippen molar-refractivity contribution in [2.24, 2.45) is 17.8 Å². The molecule has 0 aliphatic heterocycles. The Hall–Kier alpha value is -0.940. The Morgan fingerprint density at radius 2 is 1.62 bits per heavy atom. The van der Waals surface area contributed by atoms with Gasteiger partial charge in [0, 0.05) is 27.7 Å². The summed E-state index contributed by atoms with van der Waals surface area (Å²) in [7, 11) is 0. The van der Waals surface area contributed by atoms with Gasteiger partial charge in [0.1, 0.15) is 6.61 Å². The molecule has 6 heteroatoms. The monoisotopic (exact) mass is 537 g/mol. The van der Waals surface area contributed by atoms with Crippen molar-refractivity contribution in [3.63, 3.8) is 0 Å². The van der Waals surface area contributed by atoms with Gasteiger partial charge in [-0.1, -0.05) is 29.3 Å². The predicted molar refractivity (Wildman–Crippen MR) is 134 cm³/mol. The molecular weight excluding hydrogens is 509 g/mol. The van der Waals surface area contributed by atoms with Gasteiger partial charge in [-0.3, -0.25) is 0 Å². The first-order valence-corrected chi connectivity index (χ1v) is 13.3. The van der Waals surface area contributed by atoms with Crippen LogP contribution in [0, 0.1) is 17.8 Å². The minimum atomic E-state index is 0.280. The minimum absolute atomic E-state index is 0.280. The van der Waals surface area contributed by atoms with Gasteiger partial charge < -0.3 is 14.8 Å². The quantitative estimate of drug-likeness (QED) is 0.372. The highest BCUT2D eigenvalue weighted by Gasteiger charge is 2.50. The van der Waals surface area contributed by atoms with E-state index < -0.39 is 0 Å². The second kappa shape index (κ2) is 9.37. The lowest BCUT2D eigenvalue weighted by Crippen LogP contribution is -2.58. The zero-order valence-electron chi connectivity index (χ0n) is 18.4. The van der Waals surface area contributed by atoms with Crippen LogP contribution in [0.15, 0.2) is 34.8 Å². The van der Waals surface area contributed by atoms with Crippen LogP contribution in [-0.4, -0.2) is 12.1 Å². The van der Waals surface area contributed by atoms with Gasteiger partial charge in [0.15, 0.2) is 11.5 Å². The first-order chi connectivity index (χ1) is 15.4. The second-order valence-electron chi connectivity index (χ2n) is 9.88. The molecule has 1 N–H and O–H groups in total. The lowest BCUT2D eigenvalue weighted by atomic mass is 9.53. The molecule has 0 amide bonds. The highest BCUT2D eigenvalue weighted by molar-refractivity contribution is 9.10. The van der Waals surface area contributed by atoms with E-state index in [-0.39, 0.29) is 6.61 Å². The molecule has 0 spiro atoms. The highest BCUT2D eigenvalue weighted by atomic mass is 79.9. The molecule has 0 aromatic heterocycles. The van der Waals surface area contributed by atoms with Crippen molar-refractivity contribution in [1.29, 1.82) is 0 Å². The van der Waals surface area contributed by atoms with Crippen LogP contribution in [0.2, 0.25) is 10.0 Å². The van der Waals surface area contributed by atoms with Crippen LogP contribution in [0.5, 0.6) is 11.5 Å². The summed E-state index contributed by atoms with van der Waals surface area (Å²) >= 11 is 16.3. The number of hydrogen-bond acceptors (Lipinski definition) is 3. The molecule has 3 nitrogen and oxygen atoms in total. The Bertz CT molecular complexity index is 940. The lowest BCUT2D eigenvalue weighted by molar-refractivity contribution is -0.0206. The Balaban J connectivity index is 1.31. The third kappa shape index (κ3) is 4.66. The van der Waals surface area contributed by atoms with E-state index >= 15 is 0 Å². The largest absolute Gasteiger partial charge is 0.490 e. The molecule has 2 aromatic rings. The topological polar surface area (TPSA) is 30.5 Å². The van der Waals surface area contributed by atoms with E-state index in [1.165, 1.54) is 44.1 Å². The third-order valence-corrected chi connectivity index (χ3v) is 8.79. The minimum Gasteiger partial charge on any atom is -0.490 e. The van der Waals surface area contributed by atoms with Gasteiger partial charge in [0.05, 0.1) is 11.1 Å². The molecule has 4 saturated carbocycles. The Morgan fingerprint density at radius 3 is 2.22 bits per heavy atom. The molecular formula is C26H30BrCl2NO2. The molecule has 2 aromatic carbocycles. The summed E-state index contributed by atoms with van der Waals surface area (Å²) in [6.07, 6.45) is 8.42. The van der Waals surface area contributed by atoms with E-state index in [4.69, 9.17) is 32.7 Å². The van der Waals surface area contributed by atoms with E-state index in [2.05, 4.69) is 33.4 Å². The fourth-order valence-electron chi connectivity index (χ4n) is 6.56. The number of nitrogens with one attached hydrogen (secondary N) is 1. The number of hydrogen-bond donors (Lipinski definition) is 1. The van der Waals surface area contributed by atoms with Crippen LogP contribution in [0.4, 0.5) is 0 Å². The van der Waals surface area contributed by atoms with Crippen molar-refractivity contribution in [3.8, 4) is 11.5 Å². The molecule has 0 atom stereocenters. The second-order valence-corrected chi connectivity index (χ2v) is 11.5. The van der Waals surface area contributed by atoms with Crippen LogP contribution in [-0.2, 0) is 13.2 Å². The van der Waals surface area contributed by atoms with E-state index in [1.807, 2.05) is 25.1 Å². The summed E-state index contributed by atoms with van der Waals surface area (Å²) in [6, 6.07) is 9.72. The number of benzene rings is 2. The SMILES string of the molecule is CCOc1cc(CNC23CC4CC(CC(C4)C2)C3)cc(Br)c1OCc1c(Cl)cccc1Cl. The summed E-state index contributed by atoms with van der Waals surface area (Å²) in [4.78, 5) is 0. The maximum atomic E-state index is 6.32. The summed E-state index contributed by atoms with van der Waals surface area (Å²) in [6.45, 7) is 3.69. The van der Waals surface area contributed by atoms with Gasteiger partial charge in [-0.25, -0.2) is 0 Å². The molecule has 172 valence electrons. The van der Waals surface area contributed by atoms with Crippen LogP contribution in [0.25, 0.3) is 0 Å². The van der Waals surface area contributed by atoms with Gasteiger partial charge in [-0.15, -0.1) is 0 Å². The standard InChI is InChI=1S/C26H30BrCl2NO2/c1-2-31-24-10-19(14-30-26-11-16-6-17(12-26)8-18(7-16)13-26)9-21(27)25(24)32-15-20-22(28)4-3-5-23(20)29/h3-5,9-10,16-18,30H,2,6-8,11-15H2,1H3. The normalized spacial score (nSPS) is 28.2. The number of rotatable bonds is 8. The molecule has 0 unspecified atom stereocenters. The average Bonchev–Trinajstić information content (AvgIpc) is 2.73. The van der Waals surface area contributed by atoms with Gasteiger partial charge in [0.25, 0.3) is 0 Å². The molecule has 0 heterocycles. The van der Waals surface area contributed by atoms with Crippen molar-refractivity contribution in [1.82, 2.24) is 5.32 Å². The van der Waals surface area contributed by atoms with Crippen LogP contribution in [0.1, 0.15) is 56.6 Å². The van der Waals surface area contributed by atoms with Crippen molar-refractivity contribution in [2.75, 3.05) is 6.61 Å². The Labute approximate surface area is 209 Å². The number of halogens is 3. The average molecular weight is 539 g/mol. The third-order valence-electron chi connectivity index (χ3n) is 7.50. The molecule has 4 fully saturated rings. The van der Waals surface area contributed by atoms with Gasteiger partial charge >= 0.3 is 0 Å². The van der Waals surface area contributed by atoms with E-state index in [1.54, 1.807) is 0 Å². The molecule has 32 heavy (non-hydrogen) atoms. The zero-order chi connectivity index (χ0) is 22.3. The highest BCUT2D eigenvalue weighted by Crippen LogP contribution is 2.55. The molecule has 4 aliphatic carbocycles. The van der Waals surface area contributed by atoms with E-state index in [9.17, 15) is 0 Å². The van der Waals surface area contributed by atoms with E-state index in [0.717, 1.165) is 40.1 Å². The first kappa shape index (κ1) is 22.8. The van der Waals surface area contributed by atoms with Crippen LogP contribution in [0.3, 0.4) is 0 Å². The van der Waals surface area contributed by atoms with Crippen molar-refractivity contribution < 1.29 is 9.47 Å². The first-order valence-electron chi connectivity index (χ1n) is 11.7. The van der Waals surface area contributed by atoms with Crippen molar-refractivity contribution in [2.45, 2.75) is 64.1 Å². The van der Waals surface area contributed by atoms with Crippen molar-refractivity contribution >= 4 is 39.1 Å². The van der Waals surface area contributed by atoms with Crippen LogP contribution >= 0.6 is 39.1 Å². The van der Waals surface area contributed by atoms with E-state index in [0.29, 0.717) is 27.9 Å². The van der Waals surface area contributed by atoms with Gasteiger partial charge in [-0.05, 0) is 109 Å². The molecule has 0 radical (unpaired) electrons. The Morgan fingerprint density at radius 1 is 1.00 bits per heavy atom. The maximum Gasteiger partial charge on any atom is 0.175 e. The molecule has 4 bridgehead atoms. The van der Waals surface area contributed by atoms with Gasteiger partial charge in [0.2, 0.25) is 0 Å². The fourth-order valence-corrected chi connectivity index (χ4v) is 7.67. The summed E-state index contributed by atoms with van der Waals surface area (Å²) < 4.78 is 13.0. The zero-order valence-corrected chi connectivity index (χ0v) is 21.5. The van der Waals surface area contributed by atoms with Crippen LogP contribution < -0.4 is 14.8 Å². The maximum absolute atomic E-state index is 6.32. The smallest absolute Gasteiger partial charge is 0.175 e. The van der Waals surface area contributed by atoms with Gasteiger partial charge in [-0.2, -0.15) is 0 Å².